The Morgan fingerprint density at radius 2 is 2.16 bits per heavy atom. The van der Waals surface area contributed by atoms with Crippen molar-refractivity contribution in [1.29, 1.82) is 0 Å². The highest BCUT2D eigenvalue weighted by atomic mass is 16.5. The van der Waals surface area contributed by atoms with Gasteiger partial charge in [-0.25, -0.2) is 0 Å². The summed E-state index contributed by atoms with van der Waals surface area (Å²) in [5.74, 6) is 0.539. The third kappa shape index (κ3) is 2.49. The summed E-state index contributed by atoms with van der Waals surface area (Å²) in [5.41, 5.74) is 1.49. The first-order chi connectivity index (χ1) is 8.85. The SMILES string of the molecule is C=C(C)CN1C(=O)C(C)(C)Oc2cc(CO)ccc21. The molecule has 1 aliphatic heterocycles. The van der Waals surface area contributed by atoms with Crippen molar-refractivity contribution in [3.63, 3.8) is 0 Å². The Balaban J connectivity index is 2.50. The predicted molar refractivity (Wildman–Crippen MR) is 74.2 cm³/mol. The second kappa shape index (κ2) is 4.70. The number of carbonyl (C=O) groups is 1. The first-order valence-corrected chi connectivity index (χ1v) is 6.24. The molecule has 0 spiro atoms. The molecule has 0 saturated heterocycles. The normalized spacial score (nSPS) is 16.8. The van der Waals surface area contributed by atoms with Crippen LogP contribution in [0.1, 0.15) is 26.3 Å². The minimum Gasteiger partial charge on any atom is -0.476 e. The van der Waals surface area contributed by atoms with E-state index in [2.05, 4.69) is 6.58 Å². The van der Waals surface area contributed by atoms with Crippen LogP contribution in [0.5, 0.6) is 5.75 Å². The van der Waals surface area contributed by atoms with Gasteiger partial charge < -0.3 is 14.7 Å². The molecule has 102 valence electrons. The molecule has 1 aliphatic rings. The Hall–Kier alpha value is -1.81. The number of amides is 1. The van der Waals surface area contributed by atoms with E-state index in [1.165, 1.54) is 0 Å². The van der Waals surface area contributed by atoms with E-state index in [0.29, 0.717) is 12.3 Å². The summed E-state index contributed by atoms with van der Waals surface area (Å²) in [5, 5.41) is 9.18. The highest BCUT2D eigenvalue weighted by Crippen LogP contribution is 2.38. The average molecular weight is 261 g/mol. The zero-order chi connectivity index (χ0) is 14.2. The molecular weight excluding hydrogens is 242 g/mol. The molecule has 1 N–H and O–H groups in total. The number of carbonyl (C=O) groups excluding carboxylic acids is 1. The summed E-state index contributed by atoms with van der Waals surface area (Å²) >= 11 is 0. The van der Waals surface area contributed by atoms with Gasteiger partial charge in [-0.2, -0.15) is 0 Å². The van der Waals surface area contributed by atoms with Crippen molar-refractivity contribution in [3.05, 3.63) is 35.9 Å². The van der Waals surface area contributed by atoms with E-state index in [1.807, 2.05) is 6.92 Å². The predicted octanol–water partition coefficient (Wildman–Crippen LogP) is 2.26. The first-order valence-electron chi connectivity index (χ1n) is 6.24. The van der Waals surface area contributed by atoms with E-state index < -0.39 is 5.60 Å². The lowest BCUT2D eigenvalue weighted by Crippen LogP contribution is -2.52. The number of ether oxygens (including phenoxy) is 1. The molecule has 4 heteroatoms. The number of fused-ring (bicyclic) bond motifs is 1. The lowest BCUT2D eigenvalue weighted by molar-refractivity contribution is -0.132. The quantitative estimate of drug-likeness (QED) is 0.849. The zero-order valence-electron chi connectivity index (χ0n) is 11.6. The number of anilines is 1. The summed E-state index contributed by atoms with van der Waals surface area (Å²) in [6.07, 6.45) is 0. The highest BCUT2D eigenvalue weighted by molar-refractivity contribution is 6.02. The molecule has 0 aromatic heterocycles. The Labute approximate surface area is 113 Å². The van der Waals surface area contributed by atoms with Crippen molar-refractivity contribution >= 4 is 11.6 Å². The molecule has 0 aliphatic carbocycles. The van der Waals surface area contributed by atoms with Gasteiger partial charge >= 0.3 is 0 Å². The largest absolute Gasteiger partial charge is 0.476 e. The lowest BCUT2D eigenvalue weighted by Gasteiger charge is -2.39. The van der Waals surface area contributed by atoms with Crippen molar-refractivity contribution in [2.24, 2.45) is 0 Å². The third-order valence-electron chi connectivity index (χ3n) is 3.05. The molecule has 1 aromatic carbocycles. The second-order valence-electron chi connectivity index (χ2n) is 5.42. The van der Waals surface area contributed by atoms with E-state index in [4.69, 9.17) is 4.74 Å². The van der Waals surface area contributed by atoms with Crippen LogP contribution in [0.3, 0.4) is 0 Å². The minimum absolute atomic E-state index is 0.0501. The van der Waals surface area contributed by atoms with E-state index in [1.54, 1.807) is 36.9 Å². The van der Waals surface area contributed by atoms with Crippen LogP contribution in [0, 0.1) is 0 Å². The first kappa shape index (κ1) is 13.6. The molecule has 1 amide bonds. The van der Waals surface area contributed by atoms with Gasteiger partial charge in [-0.05, 0) is 38.5 Å². The minimum atomic E-state index is -0.906. The number of hydrogen-bond acceptors (Lipinski definition) is 3. The van der Waals surface area contributed by atoms with Crippen molar-refractivity contribution < 1.29 is 14.6 Å². The van der Waals surface area contributed by atoms with Crippen LogP contribution < -0.4 is 9.64 Å². The van der Waals surface area contributed by atoms with Crippen LogP contribution in [-0.4, -0.2) is 23.2 Å². The maximum Gasteiger partial charge on any atom is 0.270 e. The third-order valence-corrected chi connectivity index (χ3v) is 3.05. The summed E-state index contributed by atoms with van der Waals surface area (Å²) < 4.78 is 5.75. The Morgan fingerprint density at radius 1 is 1.47 bits per heavy atom. The van der Waals surface area contributed by atoms with Gasteiger partial charge in [0.05, 0.1) is 12.3 Å². The number of hydrogen-bond donors (Lipinski definition) is 1. The topological polar surface area (TPSA) is 49.8 Å². The van der Waals surface area contributed by atoms with Crippen molar-refractivity contribution in [1.82, 2.24) is 0 Å². The van der Waals surface area contributed by atoms with Crippen LogP contribution in [0.25, 0.3) is 0 Å². The Kier molecular flexibility index (Phi) is 3.37. The molecule has 19 heavy (non-hydrogen) atoms. The average Bonchev–Trinajstić information content (AvgIpc) is 2.33. The fraction of sp³-hybridized carbons (Fsp3) is 0.400. The van der Waals surface area contributed by atoms with Gasteiger partial charge in [0, 0.05) is 6.54 Å². The van der Waals surface area contributed by atoms with Crippen LogP contribution in [0.4, 0.5) is 5.69 Å². The van der Waals surface area contributed by atoms with Gasteiger partial charge in [-0.15, -0.1) is 0 Å². The molecule has 1 aromatic rings. The van der Waals surface area contributed by atoms with E-state index in [9.17, 15) is 9.90 Å². The fourth-order valence-electron chi connectivity index (χ4n) is 2.14. The Morgan fingerprint density at radius 3 is 2.74 bits per heavy atom. The molecule has 0 saturated carbocycles. The number of aliphatic hydroxyl groups is 1. The van der Waals surface area contributed by atoms with Crippen LogP contribution in [0.2, 0.25) is 0 Å². The zero-order valence-corrected chi connectivity index (χ0v) is 11.6. The summed E-state index contributed by atoms with van der Waals surface area (Å²) in [7, 11) is 0. The maximum atomic E-state index is 12.4. The molecule has 2 rings (SSSR count). The van der Waals surface area contributed by atoms with E-state index in [-0.39, 0.29) is 12.5 Å². The van der Waals surface area contributed by atoms with Gasteiger partial charge in [0.25, 0.3) is 5.91 Å². The summed E-state index contributed by atoms with van der Waals surface area (Å²) in [6, 6.07) is 5.37. The standard InChI is InChI=1S/C15H19NO3/c1-10(2)8-16-12-6-5-11(9-17)7-13(12)19-15(3,4)14(16)18/h5-7,17H,1,8-9H2,2-4H3. The van der Waals surface area contributed by atoms with Crippen LogP contribution in [0.15, 0.2) is 30.4 Å². The summed E-state index contributed by atoms with van der Waals surface area (Å²) in [4.78, 5) is 14.1. The molecule has 0 radical (unpaired) electrons. The fourth-order valence-corrected chi connectivity index (χ4v) is 2.14. The van der Waals surface area contributed by atoms with Crippen molar-refractivity contribution in [3.8, 4) is 5.75 Å². The molecule has 0 fully saturated rings. The number of benzene rings is 1. The molecule has 0 unspecified atom stereocenters. The van der Waals surface area contributed by atoms with Gasteiger partial charge in [0.15, 0.2) is 5.60 Å². The van der Waals surface area contributed by atoms with Gasteiger partial charge in [0.2, 0.25) is 0 Å². The number of rotatable bonds is 3. The number of aliphatic hydroxyl groups excluding tert-OH is 1. The lowest BCUT2D eigenvalue weighted by atomic mass is 10.0. The summed E-state index contributed by atoms with van der Waals surface area (Å²) in [6.45, 7) is 9.66. The number of nitrogens with zero attached hydrogens (tertiary/aromatic N) is 1. The highest BCUT2D eigenvalue weighted by Gasteiger charge is 2.40. The van der Waals surface area contributed by atoms with Gasteiger partial charge in [-0.1, -0.05) is 18.2 Å². The molecular formula is C15H19NO3. The maximum absolute atomic E-state index is 12.4. The van der Waals surface area contributed by atoms with Crippen LogP contribution >= 0.6 is 0 Å². The Bertz CT molecular complexity index is 534. The molecule has 1 heterocycles. The van der Waals surface area contributed by atoms with Gasteiger partial charge in [-0.3, -0.25) is 4.79 Å². The van der Waals surface area contributed by atoms with Crippen LogP contribution in [-0.2, 0) is 11.4 Å². The van der Waals surface area contributed by atoms with E-state index >= 15 is 0 Å². The molecule has 0 bridgehead atoms. The molecule has 4 nitrogen and oxygen atoms in total. The van der Waals surface area contributed by atoms with Crippen molar-refractivity contribution in [2.75, 3.05) is 11.4 Å². The second-order valence-corrected chi connectivity index (χ2v) is 5.42. The van der Waals surface area contributed by atoms with Gasteiger partial charge in [0.1, 0.15) is 5.75 Å². The molecule has 0 atom stereocenters. The van der Waals surface area contributed by atoms with Crippen molar-refractivity contribution in [2.45, 2.75) is 33.0 Å². The monoisotopic (exact) mass is 261 g/mol. The smallest absolute Gasteiger partial charge is 0.270 e. The van der Waals surface area contributed by atoms with E-state index in [0.717, 1.165) is 16.8 Å².